The summed E-state index contributed by atoms with van der Waals surface area (Å²) >= 11 is 0. The molecule has 1 aliphatic heterocycles. The van der Waals surface area contributed by atoms with E-state index in [1.54, 1.807) is 23.1 Å². The number of anilines is 3. The molecule has 23 heavy (non-hydrogen) atoms. The van der Waals surface area contributed by atoms with Crippen molar-refractivity contribution < 1.29 is 9.59 Å². The zero-order chi connectivity index (χ0) is 16.1. The monoisotopic (exact) mass is 311 g/mol. The number of benzene rings is 2. The van der Waals surface area contributed by atoms with Crippen LogP contribution in [0.15, 0.2) is 54.6 Å². The minimum Gasteiger partial charge on any atom is -0.336 e. The molecule has 1 fully saturated rings. The third kappa shape index (κ3) is 3.70. The van der Waals surface area contributed by atoms with Gasteiger partial charge in [0.25, 0.3) is 0 Å². The van der Waals surface area contributed by atoms with Gasteiger partial charge in [-0.05, 0) is 30.3 Å². The molecule has 1 aliphatic rings. The molecule has 1 heterocycles. The average molecular weight is 311 g/mol. The Morgan fingerprint density at radius 1 is 1.04 bits per heavy atom. The van der Waals surface area contributed by atoms with Crippen LogP contribution in [0.5, 0.6) is 0 Å². The van der Waals surface area contributed by atoms with E-state index in [9.17, 15) is 9.59 Å². The lowest BCUT2D eigenvalue weighted by molar-refractivity contribution is 0.252. The lowest BCUT2D eigenvalue weighted by atomic mass is 10.2. The number of nitrogens with one attached hydrogen (secondary N) is 4. The number of para-hydroxylation sites is 1. The van der Waals surface area contributed by atoms with E-state index < -0.39 is 6.03 Å². The molecule has 3 rings (SSSR count). The molecular weight excluding hydrogens is 294 g/mol. The fourth-order valence-corrected chi connectivity index (χ4v) is 2.28. The first-order chi connectivity index (χ1) is 11.2. The number of hydrazine groups is 1. The predicted octanol–water partition coefficient (Wildman–Crippen LogP) is 2.36. The summed E-state index contributed by atoms with van der Waals surface area (Å²) < 4.78 is 0. The van der Waals surface area contributed by atoms with Crippen LogP contribution in [0.2, 0.25) is 0 Å². The van der Waals surface area contributed by atoms with Crippen LogP contribution in [-0.4, -0.2) is 25.2 Å². The SMILES string of the molecule is O=C(NNc1ccccc1)Nc1cccc(N2CCNC2=O)c1. The Bertz CT molecular complexity index is 705. The minimum absolute atomic E-state index is 0.127. The molecule has 0 atom stereocenters. The Balaban J connectivity index is 1.59. The quantitative estimate of drug-likeness (QED) is 0.654. The highest BCUT2D eigenvalue weighted by molar-refractivity contribution is 5.96. The van der Waals surface area contributed by atoms with Crippen LogP contribution < -0.4 is 26.4 Å². The van der Waals surface area contributed by atoms with Gasteiger partial charge in [-0.25, -0.2) is 9.59 Å². The van der Waals surface area contributed by atoms with Crippen LogP contribution in [0, 0.1) is 0 Å². The summed E-state index contributed by atoms with van der Waals surface area (Å²) in [6.07, 6.45) is 0. The summed E-state index contributed by atoms with van der Waals surface area (Å²) in [4.78, 5) is 25.2. The van der Waals surface area contributed by atoms with Crippen LogP contribution in [0.25, 0.3) is 0 Å². The lowest BCUT2D eigenvalue weighted by Gasteiger charge is -2.16. The van der Waals surface area contributed by atoms with Gasteiger partial charge in [-0.2, -0.15) is 0 Å². The van der Waals surface area contributed by atoms with Crippen molar-refractivity contribution in [2.45, 2.75) is 0 Å². The van der Waals surface area contributed by atoms with E-state index in [1.165, 1.54) is 0 Å². The Morgan fingerprint density at radius 3 is 2.57 bits per heavy atom. The highest BCUT2D eigenvalue weighted by atomic mass is 16.2. The van der Waals surface area contributed by atoms with E-state index in [0.29, 0.717) is 18.8 Å². The molecule has 1 saturated heterocycles. The van der Waals surface area contributed by atoms with E-state index >= 15 is 0 Å². The summed E-state index contributed by atoms with van der Waals surface area (Å²) in [5, 5.41) is 5.46. The van der Waals surface area contributed by atoms with Crippen molar-refractivity contribution in [1.82, 2.24) is 10.7 Å². The molecule has 0 aromatic heterocycles. The van der Waals surface area contributed by atoms with Gasteiger partial charge in [0.1, 0.15) is 0 Å². The molecular formula is C16H17N5O2. The van der Waals surface area contributed by atoms with Crippen LogP contribution in [-0.2, 0) is 0 Å². The van der Waals surface area contributed by atoms with Gasteiger partial charge in [-0.3, -0.25) is 15.8 Å². The molecule has 0 aliphatic carbocycles. The molecule has 118 valence electrons. The standard InChI is InChI=1S/C16H17N5O2/c22-15(20-19-12-5-2-1-3-6-12)18-13-7-4-8-14(11-13)21-10-9-17-16(21)23/h1-8,11,19H,9-10H2,(H,17,23)(H2,18,20,22). The van der Waals surface area contributed by atoms with Crippen LogP contribution >= 0.6 is 0 Å². The number of carbonyl (C=O) groups is 2. The summed E-state index contributed by atoms with van der Waals surface area (Å²) in [6, 6.07) is 15.9. The fraction of sp³-hybridized carbons (Fsp3) is 0.125. The maximum absolute atomic E-state index is 11.9. The van der Waals surface area contributed by atoms with Crippen LogP contribution in [0.4, 0.5) is 26.7 Å². The molecule has 0 spiro atoms. The van der Waals surface area contributed by atoms with E-state index in [2.05, 4.69) is 21.5 Å². The fourth-order valence-electron chi connectivity index (χ4n) is 2.28. The molecule has 2 aromatic carbocycles. The van der Waals surface area contributed by atoms with Gasteiger partial charge < -0.3 is 10.6 Å². The van der Waals surface area contributed by atoms with Crippen molar-refractivity contribution in [3.63, 3.8) is 0 Å². The maximum Gasteiger partial charge on any atom is 0.337 e. The Morgan fingerprint density at radius 2 is 1.83 bits per heavy atom. The lowest BCUT2D eigenvalue weighted by Crippen LogP contribution is -2.33. The number of hydrogen-bond donors (Lipinski definition) is 4. The van der Waals surface area contributed by atoms with Crippen molar-refractivity contribution in [3.8, 4) is 0 Å². The predicted molar refractivity (Wildman–Crippen MR) is 89.4 cm³/mol. The van der Waals surface area contributed by atoms with E-state index in [4.69, 9.17) is 0 Å². The van der Waals surface area contributed by atoms with Crippen LogP contribution in [0.3, 0.4) is 0 Å². The molecule has 0 unspecified atom stereocenters. The molecule has 7 nitrogen and oxygen atoms in total. The van der Waals surface area contributed by atoms with Crippen LogP contribution in [0.1, 0.15) is 0 Å². The normalized spacial score (nSPS) is 13.4. The van der Waals surface area contributed by atoms with Gasteiger partial charge in [0, 0.05) is 24.5 Å². The summed E-state index contributed by atoms with van der Waals surface area (Å²) in [6.45, 7) is 1.24. The summed E-state index contributed by atoms with van der Waals surface area (Å²) in [5.41, 5.74) is 7.49. The van der Waals surface area contributed by atoms with Gasteiger partial charge in [-0.15, -0.1) is 0 Å². The largest absolute Gasteiger partial charge is 0.337 e. The second kappa shape index (κ2) is 6.69. The van der Waals surface area contributed by atoms with Crippen molar-refractivity contribution in [1.29, 1.82) is 0 Å². The van der Waals surface area contributed by atoms with Gasteiger partial charge in [0.2, 0.25) is 0 Å². The van der Waals surface area contributed by atoms with Crippen molar-refractivity contribution >= 4 is 29.1 Å². The molecule has 0 saturated carbocycles. The first-order valence-electron chi connectivity index (χ1n) is 7.26. The number of carbonyl (C=O) groups excluding carboxylic acids is 2. The Hall–Kier alpha value is -3.22. The Kier molecular flexibility index (Phi) is 4.28. The van der Waals surface area contributed by atoms with E-state index in [1.807, 2.05) is 36.4 Å². The molecule has 0 bridgehead atoms. The first-order valence-corrected chi connectivity index (χ1v) is 7.26. The van der Waals surface area contributed by atoms with Gasteiger partial charge in [0.15, 0.2) is 0 Å². The van der Waals surface area contributed by atoms with Gasteiger partial charge in [-0.1, -0.05) is 24.3 Å². The van der Waals surface area contributed by atoms with Gasteiger partial charge in [0.05, 0.1) is 5.69 Å². The number of rotatable bonds is 4. The number of urea groups is 2. The third-order valence-electron chi connectivity index (χ3n) is 3.37. The topological polar surface area (TPSA) is 85.5 Å². The molecule has 4 N–H and O–H groups in total. The third-order valence-corrected chi connectivity index (χ3v) is 3.37. The first kappa shape index (κ1) is 14.7. The Labute approximate surface area is 133 Å². The minimum atomic E-state index is -0.392. The van der Waals surface area contributed by atoms with Crippen molar-refractivity contribution in [3.05, 3.63) is 54.6 Å². The van der Waals surface area contributed by atoms with Crippen molar-refractivity contribution in [2.24, 2.45) is 0 Å². The second-order valence-corrected chi connectivity index (χ2v) is 5.00. The second-order valence-electron chi connectivity index (χ2n) is 5.00. The summed E-state index contributed by atoms with van der Waals surface area (Å²) in [7, 11) is 0. The highest BCUT2D eigenvalue weighted by Gasteiger charge is 2.21. The molecule has 4 amide bonds. The zero-order valence-electron chi connectivity index (χ0n) is 12.4. The zero-order valence-corrected chi connectivity index (χ0v) is 12.4. The number of amides is 4. The number of nitrogens with zero attached hydrogens (tertiary/aromatic N) is 1. The smallest absolute Gasteiger partial charge is 0.336 e. The van der Waals surface area contributed by atoms with Gasteiger partial charge >= 0.3 is 12.1 Å². The maximum atomic E-state index is 11.9. The van der Waals surface area contributed by atoms with E-state index in [-0.39, 0.29) is 6.03 Å². The average Bonchev–Trinajstić information content (AvgIpc) is 3.00. The van der Waals surface area contributed by atoms with E-state index in [0.717, 1.165) is 11.4 Å². The summed E-state index contributed by atoms with van der Waals surface area (Å²) in [5.74, 6) is 0. The molecule has 7 heteroatoms. The molecule has 2 aromatic rings. The molecule has 0 radical (unpaired) electrons. The number of hydrogen-bond acceptors (Lipinski definition) is 3. The highest BCUT2D eigenvalue weighted by Crippen LogP contribution is 2.20. The van der Waals surface area contributed by atoms with Crippen molar-refractivity contribution in [2.75, 3.05) is 28.7 Å².